The summed E-state index contributed by atoms with van der Waals surface area (Å²) in [5, 5.41) is 0. The van der Waals surface area contributed by atoms with Crippen LogP contribution in [0.2, 0.25) is 0 Å². The summed E-state index contributed by atoms with van der Waals surface area (Å²) in [6.45, 7) is 1.67. The van der Waals surface area contributed by atoms with Crippen molar-refractivity contribution >= 4 is 5.90 Å². The van der Waals surface area contributed by atoms with Crippen LogP contribution in [0.5, 0.6) is 0 Å². The molecular weight excluding hydrogens is 218 g/mol. The summed E-state index contributed by atoms with van der Waals surface area (Å²) < 4.78 is 16.4. The van der Waals surface area contributed by atoms with Crippen LogP contribution in [0.4, 0.5) is 0 Å². The monoisotopic (exact) mass is 241 g/mol. The van der Waals surface area contributed by atoms with Crippen LogP contribution in [0.15, 0.2) is 4.99 Å². The minimum atomic E-state index is -0.00630. The van der Waals surface area contributed by atoms with Gasteiger partial charge >= 0.3 is 0 Å². The lowest BCUT2D eigenvalue weighted by Gasteiger charge is -2.24. The van der Waals surface area contributed by atoms with E-state index in [9.17, 15) is 0 Å². The molecule has 2 heterocycles. The number of aliphatic imine (C=N–C) groups is 1. The number of nitrogens with zero attached hydrogens (tertiary/aromatic N) is 1. The van der Waals surface area contributed by atoms with Crippen molar-refractivity contribution in [1.82, 2.24) is 0 Å². The first-order valence-corrected chi connectivity index (χ1v) is 6.72. The topological polar surface area (TPSA) is 40.0 Å². The van der Waals surface area contributed by atoms with E-state index in [1.807, 2.05) is 0 Å². The molecule has 0 aromatic rings. The molecule has 4 heteroatoms. The predicted octanol–water partition coefficient (Wildman–Crippen LogP) is 2.52. The highest BCUT2D eigenvalue weighted by Crippen LogP contribution is 2.20. The molecule has 2 rings (SSSR count). The maximum Gasteiger partial charge on any atom is 0.183 e. The van der Waals surface area contributed by atoms with Gasteiger partial charge in [-0.2, -0.15) is 0 Å². The maximum atomic E-state index is 5.55. The highest BCUT2D eigenvalue weighted by molar-refractivity contribution is 5.76. The predicted molar refractivity (Wildman–Crippen MR) is 66.2 cm³/mol. The van der Waals surface area contributed by atoms with Gasteiger partial charge in [0, 0.05) is 12.8 Å². The largest absolute Gasteiger partial charge is 0.484 e. The average Bonchev–Trinajstić information content (AvgIpc) is 2.62. The average molecular weight is 241 g/mol. The van der Waals surface area contributed by atoms with Crippen molar-refractivity contribution in [2.45, 2.75) is 57.3 Å². The second kappa shape index (κ2) is 6.97. The minimum absolute atomic E-state index is 0.00630. The van der Waals surface area contributed by atoms with Gasteiger partial charge in [-0.25, -0.2) is 0 Å². The molecule has 0 radical (unpaired) electrons. The Hall–Kier alpha value is -0.610. The Morgan fingerprint density at radius 1 is 1.18 bits per heavy atom. The summed E-state index contributed by atoms with van der Waals surface area (Å²) in [6, 6.07) is 0.390. The fourth-order valence-corrected chi connectivity index (χ4v) is 2.38. The molecule has 0 spiro atoms. The van der Waals surface area contributed by atoms with E-state index in [0.29, 0.717) is 6.04 Å². The zero-order valence-corrected chi connectivity index (χ0v) is 10.7. The van der Waals surface area contributed by atoms with Gasteiger partial charge in [-0.05, 0) is 25.7 Å². The first-order chi connectivity index (χ1) is 8.38. The van der Waals surface area contributed by atoms with Crippen LogP contribution < -0.4 is 0 Å². The van der Waals surface area contributed by atoms with Gasteiger partial charge in [-0.3, -0.25) is 4.99 Å². The van der Waals surface area contributed by atoms with E-state index in [2.05, 4.69) is 4.99 Å². The van der Waals surface area contributed by atoms with Gasteiger partial charge in [0.15, 0.2) is 12.2 Å². The molecule has 0 aromatic heterocycles. The Kier molecular flexibility index (Phi) is 5.26. The second-order valence-electron chi connectivity index (χ2n) is 4.73. The van der Waals surface area contributed by atoms with Gasteiger partial charge in [-0.15, -0.1) is 0 Å². The third-order valence-corrected chi connectivity index (χ3v) is 3.37. The molecule has 2 aliphatic heterocycles. The lowest BCUT2D eigenvalue weighted by atomic mass is 10.1. The van der Waals surface area contributed by atoms with E-state index >= 15 is 0 Å². The zero-order valence-electron chi connectivity index (χ0n) is 10.7. The molecule has 2 aliphatic rings. The van der Waals surface area contributed by atoms with Crippen molar-refractivity contribution in [2.24, 2.45) is 4.99 Å². The molecule has 0 aromatic carbocycles. The van der Waals surface area contributed by atoms with Crippen molar-refractivity contribution in [1.29, 1.82) is 0 Å². The van der Waals surface area contributed by atoms with Gasteiger partial charge in [-0.1, -0.05) is 6.42 Å². The second-order valence-corrected chi connectivity index (χ2v) is 4.73. The zero-order chi connectivity index (χ0) is 11.9. The lowest BCUT2D eigenvalue weighted by Crippen LogP contribution is -2.25. The quantitative estimate of drug-likeness (QED) is 0.762. The van der Waals surface area contributed by atoms with E-state index in [0.717, 1.165) is 44.8 Å². The van der Waals surface area contributed by atoms with Crippen LogP contribution >= 0.6 is 0 Å². The summed E-state index contributed by atoms with van der Waals surface area (Å²) >= 11 is 0. The summed E-state index contributed by atoms with van der Waals surface area (Å²) in [5.74, 6) is 0.915. The Morgan fingerprint density at radius 3 is 2.76 bits per heavy atom. The summed E-state index contributed by atoms with van der Waals surface area (Å²) in [4.78, 5) is 4.66. The Morgan fingerprint density at radius 2 is 2.00 bits per heavy atom. The van der Waals surface area contributed by atoms with Crippen molar-refractivity contribution in [3.63, 3.8) is 0 Å². The Balaban J connectivity index is 1.76. The van der Waals surface area contributed by atoms with Gasteiger partial charge < -0.3 is 14.2 Å². The van der Waals surface area contributed by atoms with E-state index < -0.39 is 0 Å². The lowest BCUT2D eigenvalue weighted by molar-refractivity contribution is -0.181. The summed E-state index contributed by atoms with van der Waals surface area (Å²) in [5.41, 5.74) is 0. The third kappa shape index (κ3) is 4.28. The number of hydrogen-bond acceptors (Lipinski definition) is 4. The van der Waals surface area contributed by atoms with E-state index in [-0.39, 0.29) is 6.29 Å². The molecule has 0 saturated carbocycles. The highest BCUT2D eigenvalue weighted by Gasteiger charge is 2.18. The molecule has 0 aliphatic carbocycles. The molecule has 4 nitrogen and oxygen atoms in total. The SMILES string of the molecule is COC1=NC(CCC2OCCCO2)CCCC1. The molecular formula is C13H23NO3. The van der Waals surface area contributed by atoms with Gasteiger partial charge in [0.1, 0.15) is 0 Å². The van der Waals surface area contributed by atoms with Crippen LogP contribution in [0.25, 0.3) is 0 Å². The summed E-state index contributed by atoms with van der Waals surface area (Å²) in [6.07, 6.45) is 7.60. The minimum Gasteiger partial charge on any atom is -0.484 e. The van der Waals surface area contributed by atoms with Crippen molar-refractivity contribution in [3.05, 3.63) is 0 Å². The molecule has 0 amide bonds. The van der Waals surface area contributed by atoms with Crippen molar-refractivity contribution in [3.8, 4) is 0 Å². The van der Waals surface area contributed by atoms with E-state index in [1.165, 1.54) is 19.3 Å². The van der Waals surface area contributed by atoms with Crippen molar-refractivity contribution < 1.29 is 14.2 Å². The van der Waals surface area contributed by atoms with E-state index in [4.69, 9.17) is 14.2 Å². The fraction of sp³-hybridized carbons (Fsp3) is 0.923. The highest BCUT2D eigenvalue weighted by atomic mass is 16.7. The number of methoxy groups -OCH3 is 1. The van der Waals surface area contributed by atoms with Gasteiger partial charge in [0.25, 0.3) is 0 Å². The standard InChI is InChI=1S/C13H23NO3/c1-15-12-6-3-2-5-11(14-12)7-8-13-16-9-4-10-17-13/h11,13H,2-10H2,1H3. The van der Waals surface area contributed by atoms with Crippen LogP contribution in [0, 0.1) is 0 Å². The summed E-state index contributed by atoms with van der Waals surface area (Å²) in [7, 11) is 1.72. The fourth-order valence-electron chi connectivity index (χ4n) is 2.38. The third-order valence-electron chi connectivity index (χ3n) is 3.37. The molecule has 98 valence electrons. The molecule has 1 unspecified atom stereocenters. The van der Waals surface area contributed by atoms with Crippen molar-refractivity contribution in [2.75, 3.05) is 20.3 Å². The van der Waals surface area contributed by atoms with Crippen LogP contribution in [-0.2, 0) is 14.2 Å². The number of ether oxygens (including phenoxy) is 3. The molecule has 17 heavy (non-hydrogen) atoms. The molecule has 1 saturated heterocycles. The number of hydrogen-bond donors (Lipinski definition) is 0. The van der Waals surface area contributed by atoms with Gasteiger partial charge in [0.05, 0.1) is 26.4 Å². The first kappa shape index (κ1) is 12.8. The smallest absolute Gasteiger partial charge is 0.183 e. The maximum absolute atomic E-state index is 5.55. The van der Waals surface area contributed by atoms with Crippen LogP contribution in [0.1, 0.15) is 44.9 Å². The Labute approximate surface area is 103 Å². The Bertz CT molecular complexity index is 249. The van der Waals surface area contributed by atoms with Crippen LogP contribution in [0.3, 0.4) is 0 Å². The van der Waals surface area contributed by atoms with Crippen LogP contribution in [-0.4, -0.2) is 38.6 Å². The van der Waals surface area contributed by atoms with Gasteiger partial charge in [0.2, 0.25) is 0 Å². The van der Waals surface area contributed by atoms with E-state index in [1.54, 1.807) is 7.11 Å². The first-order valence-electron chi connectivity index (χ1n) is 6.72. The molecule has 1 fully saturated rings. The molecule has 0 N–H and O–H groups in total. The number of rotatable bonds is 3. The molecule has 1 atom stereocenters. The molecule has 0 bridgehead atoms. The normalized spacial score (nSPS) is 27.4.